The predicted octanol–water partition coefficient (Wildman–Crippen LogP) is 4.16. The third-order valence-corrected chi connectivity index (χ3v) is 3.99. The molecule has 2 rings (SSSR count). The second kappa shape index (κ2) is 10.4. The summed E-state index contributed by atoms with van der Waals surface area (Å²) in [7, 11) is 0. The molecule has 2 aromatic rings. The van der Waals surface area contributed by atoms with E-state index in [2.05, 4.69) is 22.5 Å². The van der Waals surface area contributed by atoms with Crippen molar-refractivity contribution in [2.45, 2.75) is 39.3 Å². The van der Waals surface area contributed by atoms with Gasteiger partial charge in [-0.1, -0.05) is 30.8 Å². The number of halogens is 1. The molecule has 0 unspecified atom stereocenters. The zero-order valence-corrected chi connectivity index (χ0v) is 17.8. The van der Waals surface area contributed by atoms with E-state index in [1.165, 1.54) is 18.2 Å². The van der Waals surface area contributed by atoms with Gasteiger partial charge in [0.15, 0.2) is 0 Å². The lowest BCUT2D eigenvalue weighted by Crippen LogP contribution is -2.27. The highest BCUT2D eigenvalue weighted by Crippen LogP contribution is 2.21. The molecule has 0 aliphatic carbocycles. The molecule has 3 N–H and O–H groups in total. The van der Waals surface area contributed by atoms with Gasteiger partial charge in [-0.25, -0.2) is 9.18 Å². The van der Waals surface area contributed by atoms with Crippen molar-refractivity contribution < 1.29 is 23.5 Å². The quantitative estimate of drug-likeness (QED) is 0.578. The summed E-state index contributed by atoms with van der Waals surface area (Å²) in [6.45, 7) is 8.74. The van der Waals surface area contributed by atoms with Crippen LogP contribution in [0.2, 0.25) is 0 Å². The number of rotatable bonds is 7. The van der Waals surface area contributed by atoms with Gasteiger partial charge in [-0.15, -0.1) is 0 Å². The summed E-state index contributed by atoms with van der Waals surface area (Å²) in [6, 6.07) is 11.0. The fourth-order valence-corrected chi connectivity index (χ4v) is 2.65. The summed E-state index contributed by atoms with van der Waals surface area (Å²) in [4.78, 5) is 35.8. The highest BCUT2D eigenvalue weighted by atomic mass is 19.1. The van der Waals surface area contributed by atoms with Crippen LogP contribution >= 0.6 is 0 Å². The van der Waals surface area contributed by atoms with Gasteiger partial charge in [0.2, 0.25) is 11.8 Å². The summed E-state index contributed by atoms with van der Waals surface area (Å²) in [6.07, 6.45) is 0.421. The summed E-state index contributed by atoms with van der Waals surface area (Å²) in [5.74, 6) is -1.31. The zero-order chi connectivity index (χ0) is 23.0. The van der Waals surface area contributed by atoms with Crippen LogP contribution in [0.15, 0.2) is 55.1 Å². The second-order valence-electron chi connectivity index (χ2n) is 7.74. The Morgan fingerprint density at radius 2 is 1.74 bits per heavy atom. The second-order valence-corrected chi connectivity index (χ2v) is 7.74. The van der Waals surface area contributed by atoms with Crippen LogP contribution in [0.3, 0.4) is 0 Å². The van der Waals surface area contributed by atoms with Gasteiger partial charge < -0.3 is 15.4 Å². The lowest BCUT2D eigenvalue weighted by molar-refractivity contribution is -0.116. The minimum absolute atomic E-state index is 0.0480. The summed E-state index contributed by atoms with van der Waals surface area (Å²) in [5, 5.41) is 7.70. The lowest BCUT2D eigenvalue weighted by Gasteiger charge is -2.20. The topological polar surface area (TPSA) is 96.5 Å². The van der Waals surface area contributed by atoms with Gasteiger partial charge in [0.1, 0.15) is 11.4 Å². The van der Waals surface area contributed by atoms with Gasteiger partial charge in [0, 0.05) is 12.2 Å². The van der Waals surface area contributed by atoms with Crippen LogP contribution in [0.25, 0.3) is 0 Å². The molecule has 0 spiro atoms. The van der Waals surface area contributed by atoms with Crippen LogP contribution in [0, 0.1) is 5.82 Å². The molecular weight excluding hydrogens is 401 g/mol. The molecule has 7 nitrogen and oxygen atoms in total. The number of carbonyl (C=O) groups is 3. The van der Waals surface area contributed by atoms with E-state index in [1.54, 1.807) is 32.9 Å². The Morgan fingerprint density at radius 1 is 1.06 bits per heavy atom. The number of anilines is 2. The molecule has 0 aliphatic heterocycles. The van der Waals surface area contributed by atoms with Crippen molar-refractivity contribution in [3.05, 3.63) is 72.1 Å². The number of ether oxygens (including phenoxy) is 1. The van der Waals surface area contributed by atoms with Gasteiger partial charge in [-0.2, -0.15) is 0 Å². The van der Waals surface area contributed by atoms with Crippen LogP contribution in [0.5, 0.6) is 0 Å². The predicted molar refractivity (Wildman–Crippen MR) is 117 cm³/mol. The zero-order valence-electron chi connectivity index (χ0n) is 17.8. The molecule has 0 radical (unpaired) electrons. The number of hydrogen-bond acceptors (Lipinski definition) is 4. The van der Waals surface area contributed by atoms with Gasteiger partial charge >= 0.3 is 6.09 Å². The molecule has 31 heavy (non-hydrogen) atoms. The SMILES string of the molecule is C=CC(=O)NCc1ccccc1CC(=O)Nc1ccc(F)c(NC(=O)OC(C)(C)C)c1. The summed E-state index contributed by atoms with van der Waals surface area (Å²) < 4.78 is 19.2. The number of hydrogen-bond donors (Lipinski definition) is 3. The Morgan fingerprint density at radius 3 is 2.39 bits per heavy atom. The maximum Gasteiger partial charge on any atom is 0.412 e. The lowest BCUT2D eigenvalue weighted by atomic mass is 10.0. The molecular formula is C23H26FN3O4. The molecule has 2 aromatic carbocycles. The monoisotopic (exact) mass is 427 g/mol. The molecule has 0 heterocycles. The van der Waals surface area contributed by atoms with Crippen molar-refractivity contribution in [2.75, 3.05) is 10.6 Å². The van der Waals surface area contributed by atoms with E-state index in [0.29, 0.717) is 5.69 Å². The minimum Gasteiger partial charge on any atom is -0.444 e. The third kappa shape index (κ3) is 7.93. The fraction of sp³-hybridized carbons (Fsp3) is 0.261. The Labute approximate surface area is 180 Å². The van der Waals surface area contributed by atoms with E-state index >= 15 is 0 Å². The molecule has 0 atom stereocenters. The highest BCUT2D eigenvalue weighted by molar-refractivity contribution is 5.94. The molecule has 0 aromatic heterocycles. The van der Waals surface area contributed by atoms with Crippen LogP contribution in [0.1, 0.15) is 31.9 Å². The normalized spacial score (nSPS) is 10.7. The van der Waals surface area contributed by atoms with Crippen molar-refractivity contribution in [3.8, 4) is 0 Å². The molecule has 0 fully saturated rings. The Bertz CT molecular complexity index is 983. The Hall–Kier alpha value is -3.68. The van der Waals surface area contributed by atoms with Crippen molar-refractivity contribution in [1.29, 1.82) is 0 Å². The van der Waals surface area contributed by atoms with Gasteiger partial charge in [-0.3, -0.25) is 14.9 Å². The van der Waals surface area contributed by atoms with E-state index in [0.717, 1.165) is 17.2 Å². The molecule has 0 bridgehead atoms. The van der Waals surface area contributed by atoms with Crippen LogP contribution in [-0.2, 0) is 27.3 Å². The number of benzene rings is 2. The van der Waals surface area contributed by atoms with E-state index in [1.807, 2.05) is 12.1 Å². The number of amides is 3. The van der Waals surface area contributed by atoms with E-state index in [4.69, 9.17) is 4.74 Å². The van der Waals surface area contributed by atoms with Gasteiger partial charge in [0.05, 0.1) is 12.1 Å². The maximum absolute atomic E-state index is 14.1. The van der Waals surface area contributed by atoms with Crippen molar-refractivity contribution in [2.24, 2.45) is 0 Å². The van der Waals surface area contributed by atoms with Gasteiger partial charge in [-0.05, 0) is 56.2 Å². The first-order valence-corrected chi connectivity index (χ1v) is 9.64. The van der Waals surface area contributed by atoms with E-state index < -0.39 is 17.5 Å². The number of nitrogens with one attached hydrogen (secondary N) is 3. The number of carbonyl (C=O) groups excluding carboxylic acids is 3. The molecule has 0 saturated heterocycles. The molecule has 8 heteroatoms. The standard InChI is InChI=1S/C23H26FN3O4/c1-5-20(28)25-14-16-9-7-6-8-15(16)12-21(29)26-17-10-11-18(24)19(13-17)27-22(30)31-23(2,3)4/h5-11,13H,1,12,14H2,2-4H3,(H,25,28)(H,26,29)(H,27,30). The average molecular weight is 427 g/mol. The van der Waals surface area contributed by atoms with E-state index in [-0.39, 0.29) is 30.5 Å². The van der Waals surface area contributed by atoms with Crippen molar-refractivity contribution in [1.82, 2.24) is 5.32 Å². The largest absolute Gasteiger partial charge is 0.444 e. The molecule has 3 amide bonds. The Kier molecular flexibility index (Phi) is 7.90. The van der Waals surface area contributed by atoms with Crippen LogP contribution in [-0.4, -0.2) is 23.5 Å². The summed E-state index contributed by atoms with van der Waals surface area (Å²) >= 11 is 0. The average Bonchev–Trinajstić information content (AvgIpc) is 2.68. The van der Waals surface area contributed by atoms with Gasteiger partial charge in [0.25, 0.3) is 0 Å². The molecule has 164 valence electrons. The molecule has 0 saturated carbocycles. The highest BCUT2D eigenvalue weighted by Gasteiger charge is 2.18. The fourth-order valence-electron chi connectivity index (χ4n) is 2.65. The third-order valence-electron chi connectivity index (χ3n) is 3.99. The van der Waals surface area contributed by atoms with Crippen LogP contribution in [0.4, 0.5) is 20.6 Å². The first-order chi connectivity index (χ1) is 14.6. The minimum atomic E-state index is -0.801. The smallest absolute Gasteiger partial charge is 0.412 e. The maximum atomic E-state index is 14.1. The van der Waals surface area contributed by atoms with Crippen molar-refractivity contribution >= 4 is 29.3 Å². The van der Waals surface area contributed by atoms with Crippen LogP contribution < -0.4 is 16.0 Å². The molecule has 0 aliphatic rings. The Balaban J connectivity index is 2.05. The first-order valence-electron chi connectivity index (χ1n) is 9.64. The van der Waals surface area contributed by atoms with Crippen molar-refractivity contribution in [3.63, 3.8) is 0 Å². The first kappa shape index (κ1) is 23.6. The summed E-state index contributed by atoms with van der Waals surface area (Å²) in [5.41, 5.74) is 0.998. The van der Waals surface area contributed by atoms with E-state index in [9.17, 15) is 18.8 Å².